The average Bonchev–Trinajstić information content (AvgIpc) is 2.67. The van der Waals surface area contributed by atoms with Gasteiger partial charge in [-0.15, -0.1) is 0 Å². The lowest BCUT2D eigenvalue weighted by atomic mass is 10.2. The number of phenolic OH excluding ortho intramolecular Hbond substituents is 1. The highest BCUT2D eigenvalue weighted by atomic mass is 79.9. The van der Waals surface area contributed by atoms with E-state index in [1.54, 1.807) is 31.3 Å². The number of likely N-dealkylation sites (N-methyl/N-ethyl adjacent to an activating group) is 1. The maximum absolute atomic E-state index is 12.7. The van der Waals surface area contributed by atoms with Crippen molar-refractivity contribution in [3.63, 3.8) is 0 Å². The third-order valence-corrected chi connectivity index (χ3v) is 5.16. The molecule has 0 aliphatic rings. The Hall–Kier alpha value is -2.16. The van der Waals surface area contributed by atoms with E-state index in [9.17, 15) is 14.7 Å². The molecule has 2 aromatic rings. The molecule has 0 fully saturated rings. The van der Waals surface area contributed by atoms with Gasteiger partial charge in [-0.05, 0) is 35.9 Å². The van der Waals surface area contributed by atoms with Crippen molar-refractivity contribution in [1.29, 1.82) is 0 Å². The summed E-state index contributed by atoms with van der Waals surface area (Å²) in [5.74, 6) is -0.514. The highest BCUT2D eigenvalue weighted by Gasteiger charge is 2.16. The van der Waals surface area contributed by atoms with Gasteiger partial charge in [0.15, 0.2) is 0 Å². The fourth-order valence-electron chi connectivity index (χ4n) is 2.30. The lowest BCUT2D eigenvalue weighted by Gasteiger charge is -2.18. The number of thiocarbonyl (C=S) groups is 1. The first-order valence-corrected chi connectivity index (χ1v) is 10.5. The van der Waals surface area contributed by atoms with Crippen molar-refractivity contribution >= 4 is 68.2 Å². The van der Waals surface area contributed by atoms with E-state index in [2.05, 4.69) is 21.2 Å². The van der Waals surface area contributed by atoms with Crippen molar-refractivity contribution in [3.8, 4) is 5.75 Å². The molecule has 0 spiro atoms. The van der Waals surface area contributed by atoms with Crippen LogP contribution in [0.3, 0.4) is 0 Å². The summed E-state index contributed by atoms with van der Waals surface area (Å²) < 4.78 is 2.34. The Labute approximate surface area is 181 Å². The second-order valence-corrected chi connectivity index (χ2v) is 8.18. The SMILES string of the molecule is CN(CCC(=O)Nc1ccccc1O)C(=O)/C(=C/c1cccc(Br)c1)SC=S. The van der Waals surface area contributed by atoms with Crippen LogP contribution in [-0.4, -0.2) is 40.1 Å². The molecule has 5 nitrogen and oxygen atoms in total. The van der Waals surface area contributed by atoms with Crippen molar-refractivity contribution in [2.45, 2.75) is 6.42 Å². The van der Waals surface area contributed by atoms with Gasteiger partial charge in [-0.1, -0.05) is 64.2 Å². The number of amides is 2. The largest absolute Gasteiger partial charge is 0.506 e. The monoisotopic (exact) mass is 478 g/mol. The molecule has 2 amide bonds. The van der Waals surface area contributed by atoms with E-state index >= 15 is 0 Å². The molecule has 0 saturated carbocycles. The zero-order valence-electron chi connectivity index (χ0n) is 15.1. The van der Waals surface area contributed by atoms with Crippen molar-refractivity contribution in [2.75, 3.05) is 18.9 Å². The molecule has 2 N–H and O–H groups in total. The molecule has 0 unspecified atom stereocenters. The standard InChI is InChI=1S/C20H19BrN2O3S2/c1-23(10-9-19(25)22-16-7-2-3-8-17(16)24)20(26)18(28-13-27)12-14-5-4-6-15(21)11-14/h2-8,11-13,24H,9-10H2,1H3,(H,22,25)/b18-12-. The summed E-state index contributed by atoms with van der Waals surface area (Å²) in [6.07, 6.45) is 1.86. The number of benzene rings is 2. The number of thioether (sulfide) groups is 1. The smallest absolute Gasteiger partial charge is 0.260 e. The van der Waals surface area contributed by atoms with Crippen LogP contribution in [0.2, 0.25) is 0 Å². The molecule has 28 heavy (non-hydrogen) atoms. The van der Waals surface area contributed by atoms with Gasteiger partial charge in [0.1, 0.15) is 5.75 Å². The molecule has 0 radical (unpaired) electrons. The van der Waals surface area contributed by atoms with Gasteiger partial charge < -0.3 is 15.3 Å². The molecule has 0 aromatic heterocycles. The highest BCUT2D eigenvalue weighted by Crippen LogP contribution is 2.23. The molecule has 0 saturated heterocycles. The van der Waals surface area contributed by atoms with Crippen molar-refractivity contribution in [3.05, 3.63) is 63.5 Å². The Kier molecular flexibility index (Phi) is 8.69. The van der Waals surface area contributed by atoms with Gasteiger partial charge in [0, 0.05) is 29.2 Å². The van der Waals surface area contributed by atoms with E-state index in [0.29, 0.717) is 10.6 Å². The Morgan fingerprint density at radius 1 is 1.25 bits per heavy atom. The summed E-state index contributed by atoms with van der Waals surface area (Å²) in [6.45, 7) is 0.228. The van der Waals surface area contributed by atoms with Crippen LogP contribution in [0.4, 0.5) is 5.69 Å². The fourth-order valence-corrected chi connectivity index (χ4v) is 3.59. The van der Waals surface area contributed by atoms with E-state index < -0.39 is 0 Å². The number of hydrogen-bond acceptors (Lipinski definition) is 5. The number of nitrogens with one attached hydrogen (secondary N) is 1. The van der Waals surface area contributed by atoms with Crippen LogP contribution in [0.15, 0.2) is 57.9 Å². The zero-order valence-corrected chi connectivity index (χ0v) is 18.3. The van der Waals surface area contributed by atoms with Crippen molar-refractivity contribution < 1.29 is 14.7 Å². The zero-order chi connectivity index (χ0) is 20.5. The summed E-state index contributed by atoms with van der Waals surface area (Å²) in [4.78, 5) is 26.8. The van der Waals surface area contributed by atoms with Gasteiger partial charge in [-0.25, -0.2) is 0 Å². The van der Waals surface area contributed by atoms with E-state index in [1.807, 2.05) is 24.3 Å². The lowest BCUT2D eigenvalue weighted by Crippen LogP contribution is -2.30. The Bertz CT molecular complexity index is 903. The Balaban J connectivity index is 1.99. The number of para-hydroxylation sites is 2. The summed E-state index contributed by atoms with van der Waals surface area (Å²) in [7, 11) is 1.63. The van der Waals surface area contributed by atoms with E-state index in [0.717, 1.165) is 21.8 Å². The van der Waals surface area contributed by atoms with Crippen LogP contribution < -0.4 is 5.32 Å². The molecule has 146 valence electrons. The predicted octanol–water partition coefficient (Wildman–Crippen LogP) is 4.67. The first-order valence-electron chi connectivity index (χ1n) is 8.31. The van der Waals surface area contributed by atoms with Gasteiger partial charge in [0.2, 0.25) is 5.91 Å². The quantitative estimate of drug-likeness (QED) is 0.327. The number of anilines is 1. The maximum atomic E-state index is 12.7. The van der Waals surface area contributed by atoms with Crippen LogP contribution >= 0.6 is 39.9 Å². The molecule has 0 bridgehead atoms. The van der Waals surface area contributed by atoms with E-state index in [4.69, 9.17) is 12.2 Å². The molecule has 8 heteroatoms. The second kappa shape index (κ2) is 11.0. The molecule has 0 aliphatic heterocycles. The number of rotatable bonds is 8. The molecular formula is C20H19BrN2O3S2. The lowest BCUT2D eigenvalue weighted by molar-refractivity contribution is -0.125. The third kappa shape index (κ3) is 6.78. The van der Waals surface area contributed by atoms with Gasteiger partial charge >= 0.3 is 0 Å². The molecule has 2 aromatic carbocycles. The first-order chi connectivity index (χ1) is 13.4. The van der Waals surface area contributed by atoms with E-state index in [-0.39, 0.29) is 30.5 Å². The maximum Gasteiger partial charge on any atom is 0.260 e. The second-order valence-electron chi connectivity index (χ2n) is 5.82. The predicted molar refractivity (Wildman–Crippen MR) is 122 cm³/mol. The van der Waals surface area contributed by atoms with Gasteiger partial charge in [-0.3, -0.25) is 9.59 Å². The van der Waals surface area contributed by atoms with Crippen LogP contribution in [-0.2, 0) is 9.59 Å². The van der Waals surface area contributed by atoms with Gasteiger partial charge in [0.05, 0.1) is 10.6 Å². The number of carbonyl (C=O) groups excluding carboxylic acids is 2. The number of nitrogens with zero attached hydrogens (tertiary/aromatic N) is 1. The van der Waals surface area contributed by atoms with Crippen LogP contribution in [0.25, 0.3) is 6.08 Å². The number of phenols is 1. The minimum Gasteiger partial charge on any atom is -0.506 e. The minimum absolute atomic E-state index is 0.00287. The van der Waals surface area contributed by atoms with Crippen LogP contribution in [0, 0.1) is 0 Å². The first kappa shape index (κ1) is 22.1. The summed E-state index contributed by atoms with van der Waals surface area (Å²) in [5.41, 5.74) is 1.21. The fraction of sp³-hybridized carbons (Fsp3) is 0.150. The minimum atomic E-state index is -0.291. The molecule has 2 rings (SSSR count). The van der Waals surface area contributed by atoms with Crippen molar-refractivity contribution in [2.24, 2.45) is 0 Å². The average molecular weight is 479 g/mol. The number of halogens is 1. The summed E-state index contributed by atoms with van der Waals surface area (Å²) >= 11 is 9.47. The Morgan fingerprint density at radius 2 is 2.00 bits per heavy atom. The number of aromatic hydroxyl groups is 1. The highest BCUT2D eigenvalue weighted by molar-refractivity contribution is 9.10. The van der Waals surface area contributed by atoms with E-state index in [1.165, 1.54) is 15.7 Å². The molecule has 0 atom stereocenters. The van der Waals surface area contributed by atoms with Crippen LogP contribution in [0.1, 0.15) is 12.0 Å². The molecular weight excluding hydrogens is 460 g/mol. The Morgan fingerprint density at radius 3 is 2.68 bits per heavy atom. The molecule has 0 heterocycles. The van der Waals surface area contributed by atoms with Crippen molar-refractivity contribution in [1.82, 2.24) is 4.90 Å². The van der Waals surface area contributed by atoms with Gasteiger partial charge in [-0.2, -0.15) is 0 Å². The number of hydrogen-bond donors (Lipinski definition) is 2. The third-order valence-electron chi connectivity index (χ3n) is 3.73. The molecule has 0 aliphatic carbocycles. The van der Waals surface area contributed by atoms with Gasteiger partial charge in [0.25, 0.3) is 5.91 Å². The number of carbonyl (C=O) groups is 2. The normalized spacial score (nSPS) is 11.0. The van der Waals surface area contributed by atoms with Crippen LogP contribution in [0.5, 0.6) is 5.75 Å². The summed E-state index contributed by atoms with van der Waals surface area (Å²) in [6, 6.07) is 14.1. The topological polar surface area (TPSA) is 69.6 Å². The summed E-state index contributed by atoms with van der Waals surface area (Å²) in [5, 5.41) is 12.3.